The summed E-state index contributed by atoms with van der Waals surface area (Å²) in [4.78, 5) is 13.0. The fourth-order valence-electron chi connectivity index (χ4n) is 3.97. The number of rotatable bonds is 4. The van der Waals surface area contributed by atoms with Crippen molar-refractivity contribution in [3.63, 3.8) is 0 Å². The Morgan fingerprint density at radius 3 is 2.71 bits per heavy atom. The first kappa shape index (κ1) is 21.1. The average Bonchev–Trinajstić information content (AvgIpc) is 2.60. The van der Waals surface area contributed by atoms with E-state index in [9.17, 15) is 13.2 Å². The van der Waals surface area contributed by atoms with E-state index < -0.39 is 10.2 Å². The largest absolute Gasteiger partial charge is 0.487 e. The van der Waals surface area contributed by atoms with Gasteiger partial charge in [0.25, 0.3) is 10.2 Å². The first-order valence-electron chi connectivity index (χ1n) is 9.77. The Labute approximate surface area is 168 Å². The highest BCUT2D eigenvalue weighted by molar-refractivity contribution is 7.86. The summed E-state index contributed by atoms with van der Waals surface area (Å²) in [7, 11) is -0.473. The summed E-state index contributed by atoms with van der Waals surface area (Å²) >= 11 is 0. The lowest BCUT2D eigenvalue weighted by atomic mass is 9.88. The standard InChI is InChI=1S/C20H31N3O4S/c1-14-8-9-16-17(12-20(2,3)27-18(16)11-14)21-19(24)15-7-6-10-23(13-15)28(25,26)22(4)5/h8-9,11,15,17H,6-7,10,12-13H2,1-5H3,(H,21,24)/t15-,17+/m0/s1. The molecule has 7 nitrogen and oxygen atoms in total. The van der Waals surface area contributed by atoms with Crippen molar-refractivity contribution in [3.8, 4) is 5.75 Å². The topological polar surface area (TPSA) is 79.0 Å². The molecule has 1 aromatic rings. The molecule has 1 fully saturated rings. The predicted octanol–water partition coefficient (Wildman–Crippen LogP) is 2.23. The molecule has 2 aliphatic heterocycles. The minimum atomic E-state index is -3.50. The van der Waals surface area contributed by atoms with Gasteiger partial charge in [-0.15, -0.1) is 0 Å². The second kappa shape index (κ2) is 7.65. The maximum absolute atomic E-state index is 13.0. The van der Waals surface area contributed by atoms with Gasteiger partial charge in [-0.3, -0.25) is 4.79 Å². The Kier molecular flexibility index (Phi) is 5.76. The molecule has 2 aliphatic rings. The molecule has 0 radical (unpaired) electrons. The molecule has 3 rings (SSSR count). The molecule has 1 N–H and O–H groups in total. The highest BCUT2D eigenvalue weighted by atomic mass is 32.2. The van der Waals surface area contributed by atoms with Gasteiger partial charge in [0, 0.05) is 39.2 Å². The van der Waals surface area contributed by atoms with Crippen LogP contribution in [0.15, 0.2) is 18.2 Å². The molecule has 0 aliphatic carbocycles. The lowest BCUT2D eigenvalue weighted by Crippen LogP contribution is -2.50. The number of nitrogens with zero attached hydrogens (tertiary/aromatic N) is 2. The van der Waals surface area contributed by atoms with Gasteiger partial charge in [-0.25, -0.2) is 0 Å². The van der Waals surface area contributed by atoms with Crippen molar-refractivity contribution in [2.75, 3.05) is 27.2 Å². The minimum Gasteiger partial charge on any atom is -0.487 e. The number of amides is 1. The van der Waals surface area contributed by atoms with E-state index in [-0.39, 0.29) is 30.0 Å². The molecular formula is C20H31N3O4S. The fraction of sp³-hybridized carbons (Fsp3) is 0.650. The zero-order chi connectivity index (χ0) is 20.7. The van der Waals surface area contributed by atoms with Gasteiger partial charge in [-0.05, 0) is 45.2 Å². The summed E-state index contributed by atoms with van der Waals surface area (Å²) in [6.07, 6.45) is 2.04. The maximum Gasteiger partial charge on any atom is 0.281 e. The number of aryl methyl sites for hydroxylation is 1. The molecular weight excluding hydrogens is 378 g/mol. The minimum absolute atomic E-state index is 0.0899. The number of piperidine rings is 1. The number of carbonyl (C=O) groups is 1. The SMILES string of the molecule is Cc1ccc2c(c1)OC(C)(C)C[C@H]2NC(=O)[C@H]1CCCN(S(=O)(=O)N(C)C)C1. The van der Waals surface area contributed by atoms with Gasteiger partial charge in [-0.1, -0.05) is 12.1 Å². The van der Waals surface area contributed by atoms with E-state index in [2.05, 4.69) is 5.32 Å². The number of fused-ring (bicyclic) bond motifs is 1. The van der Waals surface area contributed by atoms with E-state index in [4.69, 9.17) is 4.74 Å². The molecule has 28 heavy (non-hydrogen) atoms. The van der Waals surface area contributed by atoms with Gasteiger partial charge >= 0.3 is 0 Å². The monoisotopic (exact) mass is 409 g/mol. The molecule has 156 valence electrons. The van der Waals surface area contributed by atoms with Gasteiger partial charge < -0.3 is 10.1 Å². The number of hydrogen-bond donors (Lipinski definition) is 1. The van der Waals surface area contributed by atoms with E-state index in [1.165, 1.54) is 22.7 Å². The van der Waals surface area contributed by atoms with Gasteiger partial charge in [0.15, 0.2) is 0 Å². The third kappa shape index (κ3) is 4.34. The van der Waals surface area contributed by atoms with Crippen LogP contribution in [0.25, 0.3) is 0 Å². The average molecular weight is 410 g/mol. The summed E-state index contributed by atoms with van der Waals surface area (Å²) in [5.74, 6) is 0.373. The summed E-state index contributed by atoms with van der Waals surface area (Å²) in [6, 6.07) is 5.88. The van der Waals surface area contributed by atoms with E-state index >= 15 is 0 Å². The molecule has 8 heteroatoms. The van der Waals surface area contributed by atoms with Crippen LogP contribution in [0, 0.1) is 12.8 Å². The van der Waals surface area contributed by atoms with Gasteiger partial charge in [0.1, 0.15) is 11.4 Å². The van der Waals surface area contributed by atoms with Gasteiger partial charge in [-0.2, -0.15) is 17.0 Å². The van der Waals surface area contributed by atoms with Crippen molar-refractivity contribution < 1.29 is 17.9 Å². The molecule has 2 heterocycles. The highest BCUT2D eigenvalue weighted by Crippen LogP contribution is 2.40. The zero-order valence-electron chi connectivity index (χ0n) is 17.4. The third-order valence-electron chi connectivity index (χ3n) is 5.49. The Balaban J connectivity index is 1.76. The van der Waals surface area contributed by atoms with Crippen LogP contribution in [0.5, 0.6) is 5.75 Å². The van der Waals surface area contributed by atoms with Crippen molar-refractivity contribution in [1.29, 1.82) is 0 Å². The van der Waals surface area contributed by atoms with Crippen molar-refractivity contribution in [3.05, 3.63) is 29.3 Å². The molecule has 0 bridgehead atoms. The first-order valence-corrected chi connectivity index (χ1v) is 11.2. The molecule has 1 amide bonds. The number of ether oxygens (including phenoxy) is 1. The quantitative estimate of drug-likeness (QED) is 0.827. The Morgan fingerprint density at radius 2 is 2.04 bits per heavy atom. The summed E-state index contributed by atoms with van der Waals surface area (Å²) in [5.41, 5.74) is 1.70. The van der Waals surface area contributed by atoms with Crippen LogP contribution < -0.4 is 10.1 Å². The van der Waals surface area contributed by atoms with Crippen LogP contribution in [0.2, 0.25) is 0 Å². The van der Waals surface area contributed by atoms with Crippen LogP contribution in [0.4, 0.5) is 0 Å². The first-order chi connectivity index (χ1) is 13.0. The molecule has 2 atom stereocenters. The number of carbonyl (C=O) groups excluding carboxylic acids is 1. The number of nitrogens with one attached hydrogen (secondary N) is 1. The third-order valence-corrected chi connectivity index (χ3v) is 7.39. The van der Waals surface area contributed by atoms with Crippen LogP contribution in [0.1, 0.15) is 50.3 Å². The Hall–Kier alpha value is -1.64. The normalized spacial score (nSPS) is 25.1. The second-order valence-corrected chi connectivity index (χ2v) is 10.8. The van der Waals surface area contributed by atoms with Crippen molar-refractivity contribution >= 4 is 16.1 Å². The summed E-state index contributed by atoms with van der Waals surface area (Å²) in [5, 5.41) is 3.17. The van der Waals surface area contributed by atoms with E-state index in [1.54, 1.807) is 0 Å². The number of hydrogen-bond acceptors (Lipinski definition) is 4. The van der Waals surface area contributed by atoms with E-state index in [0.717, 1.165) is 16.9 Å². The second-order valence-electron chi connectivity index (χ2n) is 8.66. The van der Waals surface area contributed by atoms with Crippen LogP contribution in [0.3, 0.4) is 0 Å². The summed E-state index contributed by atoms with van der Waals surface area (Å²) in [6.45, 7) is 6.73. The van der Waals surface area contributed by atoms with Crippen LogP contribution >= 0.6 is 0 Å². The van der Waals surface area contributed by atoms with Crippen LogP contribution in [-0.4, -0.2) is 55.7 Å². The molecule has 0 saturated carbocycles. The van der Waals surface area contributed by atoms with Crippen molar-refractivity contribution in [2.24, 2.45) is 5.92 Å². The molecule has 1 aromatic carbocycles. The molecule has 0 spiro atoms. The van der Waals surface area contributed by atoms with Gasteiger partial charge in [0.2, 0.25) is 5.91 Å². The Bertz CT molecular complexity index is 851. The smallest absolute Gasteiger partial charge is 0.281 e. The highest BCUT2D eigenvalue weighted by Gasteiger charge is 2.38. The molecule has 1 saturated heterocycles. The number of benzene rings is 1. The Morgan fingerprint density at radius 1 is 1.32 bits per heavy atom. The maximum atomic E-state index is 13.0. The fourth-order valence-corrected chi connectivity index (χ4v) is 5.16. The summed E-state index contributed by atoms with van der Waals surface area (Å²) < 4.78 is 33.6. The molecule has 0 aromatic heterocycles. The lowest BCUT2D eigenvalue weighted by molar-refractivity contribution is -0.127. The molecule has 0 unspecified atom stereocenters. The van der Waals surface area contributed by atoms with Gasteiger partial charge in [0.05, 0.1) is 12.0 Å². The van der Waals surface area contributed by atoms with E-state index in [0.29, 0.717) is 25.8 Å². The van der Waals surface area contributed by atoms with Crippen molar-refractivity contribution in [1.82, 2.24) is 13.9 Å². The van der Waals surface area contributed by atoms with Crippen LogP contribution in [-0.2, 0) is 15.0 Å². The zero-order valence-corrected chi connectivity index (χ0v) is 18.2. The lowest BCUT2D eigenvalue weighted by Gasteiger charge is -2.39. The van der Waals surface area contributed by atoms with Crippen molar-refractivity contribution in [2.45, 2.75) is 51.7 Å². The predicted molar refractivity (Wildman–Crippen MR) is 108 cm³/mol. The van der Waals surface area contributed by atoms with E-state index in [1.807, 2.05) is 39.0 Å².